The van der Waals surface area contributed by atoms with Crippen LogP contribution < -0.4 is 0 Å². The minimum Gasteiger partial charge on any atom is -0.336 e. The van der Waals surface area contributed by atoms with Crippen molar-refractivity contribution < 1.29 is 18.0 Å². The zero-order valence-corrected chi connectivity index (χ0v) is 13.9. The van der Waals surface area contributed by atoms with Crippen molar-refractivity contribution >= 4 is 5.91 Å². The molecule has 0 aromatic carbocycles. The second-order valence-corrected chi connectivity index (χ2v) is 6.07. The number of hydrogen-bond acceptors (Lipinski definition) is 3. The Morgan fingerprint density at radius 2 is 1.78 bits per heavy atom. The molecule has 1 aromatic heterocycles. The number of piperazine rings is 1. The monoisotopic (exact) mass is 332 g/mol. The molecule has 0 aliphatic carbocycles. The Morgan fingerprint density at radius 3 is 2.22 bits per heavy atom. The molecular weight excluding hydrogens is 309 g/mol. The largest absolute Gasteiger partial charge is 0.435 e. The van der Waals surface area contributed by atoms with E-state index in [9.17, 15) is 18.0 Å². The summed E-state index contributed by atoms with van der Waals surface area (Å²) in [6.07, 6.45) is -4.64. The van der Waals surface area contributed by atoms with Crippen molar-refractivity contribution in [3.8, 4) is 0 Å². The molecule has 130 valence electrons. The zero-order chi connectivity index (χ0) is 17.4. The normalized spacial score (nSPS) is 17.1. The van der Waals surface area contributed by atoms with Gasteiger partial charge in [-0.3, -0.25) is 9.48 Å². The standard InChI is InChI=1S/C15H23F3N4O/c1-5-20-6-8-21(9-7-20)14(23)12-11(4)22(10(2)3)19-13(12)15(16,17)18/h10H,5-9H2,1-4H3. The Hall–Kier alpha value is -1.57. The maximum Gasteiger partial charge on any atom is 0.435 e. The number of alkyl halides is 3. The molecule has 0 saturated carbocycles. The number of nitrogens with zero attached hydrogens (tertiary/aromatic N) is 4. The van der Waals surface area contributed by atoms with E-state index in [0.29, 0.717) is 26.2 Å². The van der Waals surface area contributed by atoms with Gasteiger partial charge in [0.25, 0.3) is 5.91 Å². The quantitative estimate of drug-likeness (QED) is 0.854. The highest BCUT2D eigenvalue weighted by Gasteiger charge is 2.42. The summed E-state index contributed by atoms with van der Waals surface area (Å²) < 4.78 is 41.2. The molecule has 1 aromatic rings. The smallest absolute Gasteiger partial charge is 0.336 e. The zero-order valence-electron chi connectivity index (χ0n) is 13.9. The molecule has 2 rings (SSSR count). The first kappa shape index (κ1) is 17.8. The van der Waals surface area contributed by atoms with Gasteiger partial charge in [-0.15, -0.1) is 0 Å². The molecule has 1 amide bonds. The third-order valence-electron chi connectivity index (χ3n) is 4.23. The molecule has 0 radical (unpaired) electrons. The first-order chi connectivity index (χ1) is 10.7. The molecule has 1 aliphatic heterocycles. The summed E-state index contributed by atoms with van der Waals surface area (Å²) in [5.74, 6) is -0.572. The van der Waals surface area contributed by atoms with Crippen molar-refractivity contribution in [1.82, 2.24) is 19.6 Å². The van der Waals surface area contributed by atoms with Crippen molar-refractivity contribution in [2.45, 2.75) is 39.9 Å². The fourth-order valence-electron chi connectivity index (χ4n) is 2.90. The number of halogens is 3. The Bertz CT molecular complexity index is 572. The molecule has 5 nitrogen and oxygen atoms in total. The van der Waals surface area contributed by atoms with Crippen LogP contribution in [0.15, 0.2) is 0 Å². The molecule has 2 heterocycles. The Balaban J connectivity index is 2.36. The van der Waals surface area contributed by atoms with Crippen molar-refractivity contribution in [2.24, 2.45) is 0 Å². The highest BCUT2D eigenvalue weighted by Crippen LogP contribution is 2.34. The third kappa shape index (κ3) is 3.52. The number of hydrogen-bond donors (Lipinski definition) is 0. The maximum atomic E-state index is 13.3. The molecule has 23 heavy (non-hydrogen) atoms. The first-order valence-electron chi connectivity index (χ1n) is 7.84. The van der Waals surface area contributed by atoms with Crippen LogP contribution >= 0.6 is 0 Å². The third-order valence-corrected chi connectivity index (χ3v) is 4.23. The number of carbonyl (C=O) groups is 1. The van der Waals surface area contributed by atoms with Crippen molar-refractivity contribution in [2.75, 3.05) is 32.7 Å². The van der Waals surface area contributed by atoms with Crippen molar-refractivity contribution in [3.05, 3.63) is 17.0 Å². The minimum atomic E-state index is -4.64. The molecule has 0 N–H and O–H groups in total. The second kappa shape index (κ2) is 6.51. The number of rotatable bonds is 3. The molecule has 1 saturated heterocycles. The van der Waals surface area contributed by atoms with E-state index in [-0.39, 0.29) is 17.3 Å². The molecule has 8 heteroatoms. The Morgan fingerprint density at radius 1 is 1.22 bits per heavy atom. The molecule has 1 aliphatic rings. The average Bonchev–Trinajstić information content (AvgIpc) is 2.84. The van der Waals surface area contributed by atoms with Gasteiger partial charge in [-0.1, -0.05) is 6.92 Å². The van der Waals surface area contributed by atoms with Gasteiger partial charge in [0, 0.05) is 37.9 Å². The number of aromatic nitrogens is 2. The Labute approximate surface area is 134 Å². The lowest BCUT2D eigenvalue weighted by molar-refractivity contribution is -0.142. The predicted molar refractivity (Wildman–Crippen MR) is 80.4 cm³/mol. The van der Waals surface area contributed by atoms with E-state index in [1.165, 1.54) is 16.5 Å². The van der Waals surface area contributed by atoms with Crippen LogP contribution in [0.3, 0.4) is 0 Å². The lowest BCUT2D eigenvalue weighted by Crippen LogP contribution is -2.48. The second-order valence-electron chi connectivity index (χ2n) is 6.07. The van der Waals surface area contributed by atoms with Gasteiger partial charge in [0.1, 0.15) is 0 Å². The molecular formula is C15H23F3N4O. The molecule has 0 bridgehead atoms. The summed E-state index contributed by atoms with van der Waals surface area (Å²) >= 11 is 0. The van der Waals surface area contributed by atoms with Crippen LogP contribution in [0, 0.1) is 6.92 Å². The summed E-state index contributed by atoms with van der Waals surface area (Å²) in [4.78, 5) is 16.3. The van der Waals surface area contributed by atoms with Crippen LogP contribution in [0.25, 0.3) is 0 Å². The van der Waals surface area contributed by atoms with Gasteiger partial charge < -0.3 is 9.80 Å². The SMILES string of the molecule is CCN1CCN(C(=O)c2c(C(F)(F)F)nn(C(C)C)c2C)CC1. The number of carbonyl (C=O) groups excluding carboxylic acids is 1. The van der Waals surface area contributed by atoms with Crippen molar-refractivity contribution in [1.29, 1.82) is 0 Å². The van der Waals surface area contributed by atoms with Gasteiger partial charge in [-0.25, -0.2) is 0 Å². The van der Waals surface area contributed by atoms with Crippen molar-refractivity contribution in [3.63, 3.8) is 0 Å². The molecule has 1 fully saturated rings. The van der Waals surface area contributed by atoms with Gasteiger partial charge in [0.05, 0.1) is 5.56 Å². The molecule has 0 spiro atoms. The van der Waals surface area contributed by atoms with E-state index in [1.807, 2.05) is 6.92 Å². The van der Waals surface area contributed by atoms with E-state index in [0.717, 1.165) is 6.54 Å². The van der Waals surface area contributed by atoms with Crippen LogP contribution in [-0.4, -0.2) is 58.2 Å². The van der Waals surface area contributed by atoms with Gasteiger partial charge >= 0.3 is 6.18 Å². The summed E-state index contributed by atoms with van der Waals surface area (Å²) in [7, 11) is 0. The molecule has 0 unspecified atom stereocenters. The molecule has 0 atom stereocenters. The van der Waals surface area contributed by atoms with Crippen LogP contribution in [0.4, 0.5) is 13.2 Å². The average molecular weight is 332 g/mol. The van der Waals surface area contributed by atoms with Crippen LogP contribution in [-0.2, 0) is 6.18 Å². The lowest BCUT2D eigenvalue weighted by Gasteiger charge is -2.34. The summed E-state index contributed by atoms with van der Waals surface area (Å²) in [6, 6.07) is -0.241. The highest BCUT2D eigenvalue weighted by molar-refractivity contribution is 5.96. The van der Waals surface area contributed by atoms with E-state index < -0.39 is 17.8 Å². The van der Waals surface area contributed by atoms with Crippen LogP contribution in [0.5, 0.6) is 0 Å². The summed E-state index contributed by atoms with van der Waals surface area (Å²) in [5.41, 5.74) is -1.11. The van der Waals surface area contributed by atoms with E-state index in [4.69, 9.17) is 0 Å². The van der Waals surface area contributed by atoms with Crippen LogP contribution in [0.2, 0.25) is 0 Å². The Kier molecular flexibility index (Phi) is 5.03. The predicted octanol–water partition coefficient (Wildman–Crippen LogP) is 2.57. The van der Waals surface area contributed by atoms with E-state index >= 15 is 0 Å². The lowest BCUT2D eigenvalue weighted by atomic mass is 10.1. The number of likely N-dealkylation sites (N-methyl/N-ethyl adjacent to an activating group) is 1. The first-order valence-corrected chi connectivity index (χ1v) is 7.84. The fourth-order valence-corrected chi connectivity index (χ4v) is 2.90. The van der Waals surface area contributed by atoms with Gasteiger partial charge in [0.15, 0.2) is 5.69 Å². The van der Waals surface area contributed by atoms with Gasteiger partial charge in [-0.05, 0) is 27.3 Å². The highest BCUT2D eigenvalue weighted by atomic mass is 19.4. The van der Waals surface area contributed by atoms with E-state index in [1.54, 1.807) is 13.8 Å². The number of amides is 1. The maximum absolute atomic E-state index is 13.3. The summed E-state index contributed by atoms with van der Waals surface area (Å²) in [6.45, 7) is 10.2. The minimum absolute atomic E-state index is 0.241. The van der Waals surface area contributed by atoms with Gasteiger partial charge in [0.2, 0.25) is 0 Å². The van der Waals surface area contributed by atoms with E-state index in [2.05, 4.69) is 10.00 Å². The topological polar surface area (TPSA) is 41.4 Å². The summed E-state index contributed by atoms with van der Waals surface area (Å²) in [5, 5.41) is 3.66. The van der Waals surface area contributed by atoms with Gasteiger partial charge in [-0.2, -0.15) is 18.3 Å². The van der Waals surface area contributed by atoms with Crippen LogP contribution in [0.1, 0.15) is 48.6 Å². The fraction of sp³-hybridized carbons (Fsp3) is 0.733.